The van der Waals surface area contributed by atoms with Gasteiger partial charge in [-0.2, -0.15) is 19.6 Å². The van der Waals surface area contributed by atoms with Crippen molar-refractivity contribution in [2.24, 2.45) is 0 Å². The number of sulfone groups is 1. The van der Waals surface area contributed by atoms with Crippen molar-refractivity contribution >= 4 is 63.3 Å². The summed E-state index contributed by atoms with van der Waals surface area (Å²) in [6.45, 7) is 11.6. The number of hydrogen-bond acceptors (Lipinski definition) is 10. The van der Waals surface area contributed by atoms with Gasteiger partial charge in [-0.15, -0.1) is 0 Å². The SMILES string of the molecule is C[SiH](C)CCOCn1c(CNc2nc(S(C)(=O)=O)nc3c(Br)cnn23)nc2ccc(CCNC(=O)OC(C)(C)C)cc21. The summed E-state index contributed by atoms with van der Waals surface area (Å²) in [6.07, 6.45) is 2.74. The maximum atomic E-state index is 12.2. The Morgan fingerprint density at radius 1 is 1.17 bits per heavy atom. The second kappa shape index (κ2) is 13.1. The molecule has 0 saturated carbocycles. The molecule has 0 fully saturated rings. The van der Waals surface area contributed by atoms with Crippen LogP contribution >= 0.6 is 15.9 Å². The van der Waals surface area contributed by atoms with E-state index in [2.05, 4.69) is 54.7 Å². The largest absolute Gasteiger partial charge is 0.444 e. The molecule has 0 atom stereocenters. The fourth-order valence-electron chi connectivity index (χ4n) is 4.02. The predicted octanol–water partition coefficient (Wildman–Crippen LogP) is 3.78. The first-order valence-electron chi connectivity index (χ1n) is 13.6. The first kappa shape index (κ1) is 31.8. The van der Waals surface area contributed by atoms with Crippen LogP contribution < -0.4 is 10.6 Å². The van der Waals surface area contributed by atoms with Gasteiger partial charge >= 0.3 is 6.09 Å². The number of imidazole rings is 1. The van der Waals surface area contributed by atoms with E-state index in [4.69, 9.17) is 14.5 Å². The molecule has 1 aromatic carbocycles. The molecule has 3 aromatic heterocycles. The molecule has 2 N–H and O–H groups in total. The number of rotatable bonds is 12. The monoisotopic (exact) mass is 680 g/mol. The fourth-order valence-corrected chi connectivity index (χ4v) is 5.51. The third kappa shape index (κ3) is 8.26. The number of nitrogens with zero attached hydrogens (tertiary/aromatic N) is 6. The number of halogens is 1. The van der Waals surface area contributed by atoms with Crippen molar-refractivity contribution in [3.05, 3.63) is 40.3 Å². The van der Waals surface area contributed by atoms with E-state index in [1.807, 2.05) is 43.5 Å². The average Bonchev–Trinajstić information content (AvgIpc) is 3.43. The van der Waals surface area contributed by atoms with Gasteiger partial charge in [-0.3, -0.25) is 0 Å². The van der Waals surface area contributed by atoms with Crippen LogP contribution in [-0.4, -0.2) is 77.4 Å². The molecule has 4 aromatic rings. The number of amides is 1. The maximum Gasteiger partial charge on any atom is 0.407 e. The van der Waals surface area contributed by atoms with Crippen LogP contribution in [0.1, 0.15) is 32.2 Å². The van der Waals surface area contributed by atoms with Crippen LogP contribution in [0, 0.1) is 0 Å². The number of benzene rings is 1. The maximum absolute atomic E-state index is 12.2. The number of nitrogens with one attached hydrogen (secondary N) is 2. The van der Waals surface area contributed by atoms with E-state index < -0.39 is 30.3 Å². The lowest BCUT2D eigenvalue weighted by Gasteiger charge is -2.19. The number of carbonyl (C=O) groups is 1. The molecule has 3 heterocycles. The predicted molar refractivity (Wildman–Crippen MR) is 166 cm³/mol. The van der Waals surface area contributed by atoms with E-state index in [0.717, 1.165) is 28.9 Å². The van der Waals surface area contributed by atoms with Crippen molar-refractivity contribution in [2.75, 3.05) is 24.7 Å². The highest BCUT2D eigenvalue weighted by molar-refractivity contribution is 9.10. The number of carbonyl (C=O) groups excluding carboxylic acids is 1. The van der Waals surface area contributed by atoms with E-state index in [1.54, 1.807) is 0 Å². The minimum absolute atomic E-state index is 0.213. The molecule has 0 unspecified atom stereocenters. The van der Waals surface area contributed by atoms with Crippen molar-refractivity contribution in [2.45, 2.75) is 70.4 Å². The standard InChI is InChI=1S/C26H37BrN8O5SSi/c1-26(2,3)40-25(36)28-10-9-17-7-8-19-20(13-17)34(16-39-11-12-42(5)6)21(31-19)15-29-23-33-24(41(4,37)38)32-22-18(27)14-30-35(22)23/h7-8,13-14,42H,9-12,15-16H2,1-6H3,(H,28,36)(H,29,32,33). The molecule has 0 aliphatic heterocycles. The van der Waals surface area contributed by atoms with Gasteiger partial charge in [0.15, 0.2) is 5.65 Å². The van der Waals surface area contributed by atoms with Gasteiger partial charge < -0.3 is 24.7 Å². The summed E-state index contributed by atoms with van der Waals surface area (Å²) in [4.78, 5) is 25.2. The highest BCUT2D eigenvalue weighted by atomic mass is 79.9. The Labute approximate surface area is 255 Å². The quantitative estimate of drug-likeness (QED) is 0.167. The Hall–Kier alpha value is -3.08. The van der Waals surface area contributed by atoms with Crippen LogP contribution in [0.5, 0.6) is 0 Å². The molecule has 4 rings (SSSR count). The highest BCUT2D eigenvalue weighted by Gasteiger charge is 2.20. The molecule has 0 saturated heterocycles. The summed E-state index contributed by atoms with van der Waals surface area (Å²) in [5.41, 5.74) is 2.45. The third-order valence-corrected chi connectivity index (χ3v) is 8.87. The lowest BCUT2D eigenvalue weighted by atomic mass is 10.1. The Kier molecular flexibility index (Phi) is 9.90. The molecule has 0 bridgehead atoms. The Balaban J connectivity index is 1.59. The number of aromatic nitrogens is 6. The van der Waals surface area contributed by atoms with Crippen LogP contribution in [0.2, 0.25) is 19.1 Å². The van der Waals surface area contributed by atoms with Crippen LogP contribution in [0.4, 0.5) is 10.7 Å². The smallest absolute Gasteiger partial charge is 0.407 e. The van der Waals surface area contributed by atoms with Gasteiger partial charge in [0.2, 0.25) is 15.8 Å². The molecule has 0 aliphatic carbocycles. The molecule has 1 amide bonds. The van der Waals surface area contributed by atoms with E-state index in [0.29, 0.717) is 42.2 Å². The zero-order valence-electron chi connectivity index (χ0n) is 24.6. The zero-order valence-corrected chi connectivity index (χ0v) is 28.2. The molecule has 13 nitrogen and oxygen atoms in total. The van der Waals surface area contributed by atoms with Crippen molar-refractivity contribution < 1.29 is 22.7 Å². The normalized spacial score (nSPS) is 12.4. The van der Waals surface area contributed by atoms with Gasteiger partial charge in [0.1, 0.15) is 18.2 Å². The highest BCUT2D eigenvalue weighted by Crippen LogP contribution is 2.22. The molecular formula is C26H37BrN8O5SSi. The van der Waals surface area contributed by atoms with Gasteiger partial charge in [-0.05, 0) is 66.9 Å². The van der Waals surface area contributed by atoms with Crippen molar-refractivity contribution in [3.63, 3.8) is 0 Å². The van der Waals surface area contributed by atoms with E-state index in [-0.39, 0.29) is 17.6 Å². The molecular weight excluding hydrogens is 644 g/mol. The van der Waals surface area contributed by atoms with Crippen LogP contribution in [0.3, 0.4) is 0 Å². The van der Waals surface area contributed by atoms with Crippen molar-refractivity contribution in [3.8, 4) is 0 Å². The molecule has 0 aliphatic rings. The lowest BCUT2D eigenvalue weighted by Crippen LogP contribution is -2.33. The number of fused-ring (bicyclic) bond motifs is 2. The first-order chi connectivity index (χ1) is 19.7. The number of ether oxygens (including phenoxy) is 2. The fraction of sp³-hybridized carbons (Fsp3) is 0.500. The second-order valence-corrected chi connectivity index (χ2v) is 17.5. The second-order valence-electron chi connectivity index (χ2n) is 11.4. The summed E-state index contributed by atoms with van der Waals surface area (Å²) in [5.74, 6) is 0.889. The topological polar surface area (TPSA) is 155 Å². The van der Waals surface area contributed by atoms with E-state index >= 15 is 0 Å². The van der Waals surface area contributed by atoms with Crippen LogP contribution in [0.25, 0.3) is 16.7 Å². The zero-order chi connectivity index (χ0) is 30.7. The summed E-state index contributed by atoms with van der Waals surface area (Å²) in [7, 11) is -4.43. The van der Waals surface area contributed by atoms with Crippen molar-refractivity contribution in [1.29, 1.82) is 0 Å². The van der Waals surface area contributed by atoms with E-state index in [1.165, 1.54) is 10.7 Å². The molecule has 0 spiro atoms. The van der Waals surface area contributed by atoms with Crippen LogP contribution in [0.15, 0.2) is 34.0 Å². The van der Waals surface area contributed by atoms with Crippen LogP contribution in [-0.2, 0) is 39.0 Å². The Bertz CT molecular complexity index is 1680. The summed E-state index contributed by atoms with van der Waals surface area (Å²) in [5, 5.41) is 9.95. The number of anilines is 1. The molecule has 228 valence electrons. The minimum atomic E-state index is -3.67. The van der Waals surface area contributed by atoms with Gasteiger partial charge in [0.25, 0.3) is 5.16 Å². The molecule has 0 radical (unpaired) electrons. The van der Waals surface area contributed by atoms with Gasteiger partial charge in [-0.1, -0.05) is 19.2 Å². The lowest BCUT2D eigenvalue weighted by molar-refractivity contribution is 0.0528. The minimum Gasteiger partial charge on any atom is -0.444 e. The Morgan fingerprint density at radius 3 is 2.62 bits per heavy atom. The third-order valence-electron chi connectivity index (χ3n) is 6.07. The summed E-state index contributed by atoms with van der Waals surface area (Å²) >= 11 is 3.37. The summed E-state index contributed by atoms with van der Waals surface area (Å²) < 4.78 is 39.8. The van der Waals surface area contributed by atoms with Gasteiger partial charge in [0, 0.05) is 28.2 Å². The Morgan fingerprint density at radius 2 is 1.93 bits per heavy atom. The first-order valence-corrected chi connectivity index (χ1v) is 19.4. The van der Waals surface area contributed by atoms with Crippen molar-refractivity contribution in [1.82, 2.24) is 34.4 Å². The van der Waals surface area contributed by atoms with Gasteiger partial charge in [0.05, 0.1) is 28.2 Å². The summed E-state index contributed by atoms with van der Waals surface area (Å²) in [6, 6.07) is 7.02. The van der Waals surface area contributed by atoms with Gasteiger partial charge in [-0.25, -0.2) is 18.2 Å². The molecule has 16 heteroatoms. The molecule has 42 heavy (non-hydrogen) atoms. The average molecular weight is 682 g/mol. The number of alkyl carbamates (subject to hydrolysis) is 1. The number of hydrogen-bond donors (Lipinski definition) is 2. The van der Waals surface area contributed by atoms with E-state index in [9.17, 15) is 13.2 Å².